The Bertz CT molecular complexity index is 381. The van der Waals surface area contributed by atoms with Crippen molar-refractivity contribution in [3.05, 3.63) is 5.82 Å². The fourth-order valence-electron chi connectivity index (χ4n) is 0.633. The number of H-pyrrole nitrogens is 1. The fourth-order valence-corrected chi connectivity index (χ4v) is 1.21. The van der Waals surface area contributed by atoms with Gasteiger partial charge in [-0.25, -0.2) is 13.1 Å². The first-order valence-corrected chi connectivity index (χ1v) is 5.37. The molecular formula is C6H12N4O2S. The van der Waals surface area contributed by atoms with E-state index in [-0.39, 0.29) is 5.95 Å². The number of aromatic amines is 1. The van der Waals surface area contributed by atoms with E-state index in [0.717, 1.165) is 0 Å². The first kappa shape index (κ1) is 9.97. The van der Waals surface area contributed by atoms with Gasteiger partial charge in [-0.1, -0.05) is 0 Å². The van der Waals surface area contributed by atoms with Gasteiger partial charge < -0.3 is 0 Å². The van der Waals surface area contributed by atoms with E-state index < -0.39 is 15.3 Å². The molecule has 0 aliphatic heterocycles. The molecule has 1 aromatic rings. The van der Waals surface area contributed by atoms with E-state index in [9.17, 15) is 8.42 Å². The van der Waals surface area contributed by atoms with Gasteiger partial charge in [0.25, 0.3) is 5.95 Å². The van der Waals surface area contributed by atoms with Crippen LogP contribution in [-0.4, -0.2) is 28.8 Å². The van der Waals surface area contributed by atoms with E-state index in [0.29, 0.717) is 5.82 Å². The van der Waals surface area contributed by atoms with E-state index in [1.165, 1.54) is 0 Å². The van der Waals surface area contributed by atoms with Crippen LogP contribution in [0.1, 0.15) is 19.7 Å². The Morgan fingerprint density at radius 1 is 1.46 bits per heavy atom. The van der Waals surface area contributed by atoms with Crippen LogP contribution in [0.3, 0.4) is 0 Å². The highest BCUT2D eigenvalue weighted by molar-refractivity contribution is 7.93. The molecule has 0 atom stereocenters. The van der Waals surface area contributed by atoms with Gasteiger partial charge in [0.05, 0.1) is 5.25 Å². The predicted molar refractivity (Wildman–Crippen MR) is 48.8 cm³/mol. The molecule has 6 nitrogen and oxygen atoms in total. The van der Waals surface area contributed by atoms with Crippen molar-refractivity contribution in [1.82, 2.24) is 15.2 Å². The normalized spacial score (nSPS) is 12.0. The molecule has 0 saturated heterocycles. The van der Waals surface area contributed by atoms with Crippen molar-refractivity contribution in [2.24, 2.45) is 0 Å². The summed E-state index contributed by atoms with van der Waals surface area (Å²) in [6.45, 7) is 4.86. The lowest BCUT2D eigenvalue weighted by molar-refractivity contribution is 0.592. The van der Waals surface area contributed by atoms with Crippen molar-refractivity contribution in [3.8, 4) is 0 Å². The summed E-state index contributed by atoms with van der Waals surface area (Å²) in [5.74, 6) is 0.660. The van der Waals surface area contributed by atoms with Gasteiger partial charge in [0.1, 0.15) is 5.82 Å². The molecular weight excluding hydrogens is 192 g/mol. The van der Waals surface area contributed by atoms with Crippen LogP contribution in [0.15, 0.2) is 0 Å². The molecule has 1 aromatic heterocycles. The highest BCUT2D eigenvalue weighted by Gasteiger charge is 2.17. The lowest BCUT2D eigenvalue weighted by atomic mass is 10.6. The quantitative estimate of drug-likeness (QED) is 0.739. The third kappa shape index (κ3) is 2.41. The van der Waals surface area contributed by atoms with E-state index in [1.807, 2.05) is 0 Å². The monoisotopic (exact) mass is 204 g/mol. The summed E-state index contributed by atoms with van der Waals surface area (Å²) in [7, 11) is -3.33. The predicted octanol–water partition coefficient (Wildman–Crippen LogP) is 0.263. The second kappa shape index (κ2) is 3.33. The average Bonchev–Trinajstić information content (AvgIpc) is 2.34. The molecule has 0 aromatic carbocycles. The van der Waals surface area contributed by atoms with Crippen LogP contribution in [0.5, 0.6) is 0 Å². The van der Waals surface area contributed by atoms with Crippen LogP contribution in [-0.2, 0) is 10.0 Å². The molecule has 0 aliphatic rings. The zero-order valence-corrected chi connectivity index (χ0v) is 8.51. The standard InChI is InChI=1S/C6H12N4O2S/c1-4(2)13(11,12)10-6-7-5(3)8-9-6/h4H,1-3H3,(H2,7,8,9,10). The molecule has 0 radical (unpaired) electrons. The molecule has 0 fully saturated rings. The van der Waals surface area contributed by atoms with Crippen molar-refractivity contribution in [2.75, 3.05) is 4.72 Å². The van der Waals surface area contributed by atoms with Crippen LogP contribution in [0, 0.1) is 6.92 Å². The molecule has 0 spiro atoms. The van der Waals surface area contributed by atoms with Gasteiger partial charge in [-0.15, -0.1) is 5.10 Å². The highest BCUT2D eigenvalue weighted by atomic mass is 32.2. The molecule has 0 saturated carbocycles. The molecule has 2 N–H and O–H groups in total. The Morgan fingerprint density at radius 3 is 2.46 bits per heavy atom. The van der Waals surface area contributed by atoms with Crippen LogP contribution < -0.4 is 4.72 Å². The number of aromatic nitrogens is 3. The van der Waals surface area contributed by atoms with Crippen molar-refractivity contribution < 1.29 is 8.42 Å². The van der Waals surface area contributed by atoms with Crippen molar-refractivity contribution in [3.63, 3.8) is 0 Å². The SMILES string of the molecule is Cc1nc(NS(=O)(=O)C(C)C)n[nH]1. The van der Waals surface area contributed by atoms with Gasteiger partial charge in [-0.2, -0.15) is 4.98 Å². The summed E-state index contributed by atoms with van der Waals surface area (Å²) < 4.78 is 24.9. The summed E-state index contributed by atoms with van der Waals surface area (Å²) in [4.78, 5) is 3.82. The second-order valence-corrected chi connectivity index (χ2v) is 5.18. The molecule has 0 aliphatic carbocycles. The molecule has 7 heteroatoms. The highest BCUT2D eigenvalue weighted by Crippen LogP contribution is 2.05. The summed E-state index contributed by atoms with van der Waals surface area (Å²) in [6, 6.07) is 0. The largest absolute Gasteiger partial charge is 0.261 e. The van der Waals surface area contributed by atoms with Gasteiger partial charge in [0.15, 0.2) is 0 Å². The Hall–Kier alpha value is -1.11. The van der Waals surface area contributed by atoms with Gasteiger partial charge >= 0.3 is 0 Å². The number of hydrogen-bond donors (Lipinski definition) is 2. The Balaban J connectivity index is 2.81. The van der Waals surface area contributed by atoms with Gasteiger partial charge in [0.2, 0.25) is 10.0 Å². The third-order valence-electron chi connectivity index (χ3n) is 1.45. The smallest absolute Gasteiger partial charge is 0.255 e. The summed E-state index contributed by atoms with van der Waals surface area (Å²) >= 11 is 0. The van der Waals surface area contributed by atoms with E-state index in [1.54, 1.807) is 20.8 Å². The third-order valence-corrected chi connectivity index (χ3v) is 3.16. The molecule has 0 amide bonds. The number of nitrogens with zero attached hydrogens (tertiary/aromatic N) is 2. The molecule has 0 bridgehead atoms. The zero-order chi connectivity index (χ0) is 10.1. The van der Waals surface area contributed by atoms with Crippen LogP contribution in [0.2, 0.25) is 0 Å². The maximum atomic E-state index is 11.3. The van der Waals surface area contributed by atoms with E-state index in [4.69, 9.17) is 0 Å². The minimum atomic E-state index is -3.33. The van der Waals surface area contributed by atoms with Crippen molar-refractivity contribution in [1.29, 1.82) is 0 Å². The fraction of sp³-hybridized carbons (Fsp3) is 0.667. The lowest BCUT2D eigenvalue weighted by Gasteiger charge is -2.06. The maximum Gasteiger partial charge on any atom is 0.255 e. The van der Waals surface area contributed by atoms with Gasteiger partial charge in [0, 0.05) is 0 Å². The number of anilines is 1. The Kier molecular flexibility index (Phi) is 2.55. The topological polar surface area (TPSA) is 87.7 Å². The summed E-state index contributed by atoms with van der Waals surface area (Å²) in [5.41, 5.74) is 0. The van der Waals surface area contributed by atoms with E-state index in [2.05, 4.69) is 19.9 Å². The number of aryl methyl sites for hydroxylation is 1. The Labute approximate surface area is 76.8 Å². The molecule has 13 heavy (non-hydrogen) atoms. The molecule has 1 rings (SSSR count). The summed E-state index contributed by atoms with van der Waals surface area (Å²) in [6.07, 6.45) is 0. The van der Waals surface area contributed by atoms with E-state index >= 15 is 0 Å². The first-order valence-electron chi connectivity index (χ1n) is 3.82. The lowest BCUT2D eigenvalue weighted by Crippen LogP contribution is -2.23. The van der Waals surface area contributed by atoms with Crippen molar-refractivity contribution >= 4 is 16.0 Å². The minimum Gasteiger partial charge on any atom is -0.261 e. The summed E-state index contributed by atoms with van der Waals surface area (Å²) in [5, 5.41) is 5.70. The molecule has 0 unspecified atom stereocenters. The molecule has 1 heterocycles. The number of sulfonamides is 1. The van der Waals surface area contributed by atoms with Crippen LogP contribution in [0.25, 0.3) is 0 Å². The van der Waals surface area contributed by atoms with Gasteiger partial charge in [-0.3, -0.25) is 5.10 Å². The zero-order valence-electron chi connectivity index (χ0n) is 7.70. The first-order chi connectivity index (χ1) is 5.92. The number of nitrogens with one attached hydrogen (secondary N) is 2. The van der Waals surface area contributed by atoms with Crippen LogP contribution >= 0.6 is 0 Å². The van der Waals surface area contributed by atoms with Gasteiger partial charge in [-0.05, 0) is 20.8 Å². The van der Waals surface area contributed by atoms with Crippen molar-refractivity contribution in [2.45, 2.75) is 26.0 Å². The van der Waals surface area contributed by atoms with Crippen LogP contribution in [0.4, 0.5) is 5.95 Å². The number of hydrogen-bond acceptors (Lipinski definition) is 4. The Morgan fingerprint density at radius 2 is 2.08 bits per heavy atom. The second-order valence-electron chi connectivity index (χ2n) is 2.94. The average molecular weight is 204 g/mol. The maximum absolute atomic E-state index is 11.3. The number of rotatable bonds is 3. The minimum absolute atomic E-state index is 0.0891. The molecule has 74 valence electrons.